The first-order valence-electron chi connectivity index (χ1n) is 4.48. The molecule has 2 atom stereocenters. The molecule has 0 radical (unpaired) electrons. The van der Waals surface area contributed by atoms with Crippen LogP contribution in [0.4, 0.5) is 0 Å². The maximum absolute atomic E-state index is 11.5. The molecule has 2 unspecified atom stereocenters. The highest BCUT2D eigenvalue weighted by molar-refractivity contribution is 6.31. The molecule has 0 amide bonds. The Hall–Kier alpha value is -1.16. The molecule has 3 nitrogen and oxygen atoms in total. The molecule has 1 N–H and O–H groups in total. The van der Waals surface area contributed by atoms with Gasteiger partial charge in [0.15, 0.2) is 12.1 Å². The van der Waals surface area contributed by atoms with Gasteiger partial charge in [-0.15, -0.1) is 0 Å². The molecule has 0 saturated heterocycles. The molecule has 0 saturated carbocycles. The lowest BCUT2D eigenvalue weighted by Gasteiger charge is -2.22. The van der Waals surface area contributed by atoms with Crippen LogP contribution in [0.3, 0.4) is 0 Å². The predicted octanol–water partition coefficient (Wildman–Crippen LogP) is 1.85. The zero-order valence-corrected chi connectivity index (χ0v) is 8.52. The van der Waals surface area contributed by atoms with Crippen LogP contribution in [-0.4, -0.2) is 17.2 Å². The van der Waals surface area contributed by atoms with Crippen molar-refractivity contribution < 1.29 is 14.6 Å². The molecule has 0 aliphatic carbocycles. The van der Waals surface area contributed by atoms with E-state index >= 15 is 0 Å². The van der Waals surface area contributed by atoms with Crippen molar-refractivity contribution in [3.05, 3.63) is 47.0 Å². The van der Waals surface area contributed by atoms with E-state index in [2.05, 4.69) is 0 Å². The maximum Gasteiger partial charge on any atom is 0.189 e. The smallest absolute Gasteiger partial charge is 0.189 e. The molecule has 15 heavy (non-hydrogen) atoms. The number of ether oxygens (including phenoxy) is 1. The minimum absolute atomic E-state index is 0.214. The molecule has 0 fully saturated rings. The SMILES string of the molecule is O=C1C=CC(O)OC1c1ccccc1Cl. The van der Waals surface area contributed by atoms with Crippen molar-refractivity contribution in [2.75, 3.05) is 0 Å². The molecular weight excluding hydrogens is 216 g/mol. The molecule has 4 heteroatoms. The second kappa shape index (κ2) is 4.14. The summed E-state index contributed by atoms with van der Waals surface area (Å²) in [5, 5.41) is 9.70. The van der Waals surface area contributed by atoms with E-state index in [1.54, 1.807) is 24.3 Å². The molecule has 78 valence electrons. The van der Waals surface area contributed by atoms with E-state index in [1.807, 2.05) is 0 Å². The van der Waals surface area contributed by atoms with Gasteiger partial charge in [0, 0.05) is 10.6 Å². The topological polar surface area (TPSA) is 46.5 Å². The Morgan fingerprint density at radius 1 is 1.33 bits per heavy atom. The van der Waals surface area contributed by atoms with Crippen LogP contribution >= 0.6 is 11.6 Å². The average Bonchev–Trinajstić information content (AvgIpc) is 2.23. The van der Waals surface area contributed by atoms with Crippen molar-refractivity contribution in [1.29, 1.82) is 0 Å². The van der Waals surface area contributed by atoms with Crippen molar-refractivity contribution in [2.24, 2.45) is 0 Å². The highest BCUT2D eigenvalue weighted by atomic mass is 35.5. The summed E-state index contributed by atoms with van der Waals surface area (Å²) in [4.78, 5) is 11.5. The summed E-state index contributed by atoms with van der Waals surface area (Å²) in [6.07, 6.45) is 0.750. The Bertz CT molecular complexity index is 414. The summed E-state index contributed by atoms with van der Waals surface area (Å²) in [5.74, 6) is -0.214. The molecule has 1 aromatic rings. The number of halogens is 1. The number of hydrogen-bond acceptors (Lipinski definition) is 3. The van der Waals surface area contributed by atoms with E-state index < -0.39 is 12.4 Å². The van der Waals surface area contributed by atoms with Gasteiger partial charge in [-0.1, -0.05) is 29.8 Å². The third kappa shape index (κ3) is 2.09. The van der Waals surface area contributed by atoms with Crippen molar-refractivity contribution >= 4 is 17.4 Å². The van der Waals surface area contributed by atoms with E-state index in [0.29, 0.717) is 10.6 Å². The number of carbonyl (C=O) groups excluding carboxylic acids is 1. The fourth-order valence-corrected chi connectivity index (χ4v) is 1.67. The van der Waals surface area contributed by atoms with Crippen molar-refractivity contribution in [2.45, 2.75) is 12.4 Å². The summed E-state index contributed by atoms with van der Waals surface area (Å²) in [5.41, 5.74) is 0.576. The summed E-state index contributed by atoms with van der Waals surface area (Å²) >= 11 is 5.93. The van der Waals surface area contributed by atoms with Crippen LogP contribution in [0.15, 0.2) is 36.4 Å². The van der Waals surface area contributed by atoms with E-state index in [9.17, 15) is 9.90 Å². The Kier molecular flexibility index (Phi) is 2.86. The third-order valence-corrected chi connectivity index (χ3v) is 2.49. The first kappa shape index (κ1) is 10.4. The first-order valence-corrected chi connectivity index (χ1v) is 4.86. The highest BCUT2D eigenvalue weighted by Gasteiger charge is 2.27. The van der Waals surface area contributed by atoms with Crippen LogP contribution < -0.4 is 0 Å². The fourth-order valence-electron chi connectivity index (χ4n) is 1.43. The molecule has 2 rings (SSSR count). The van der Waals surface area contributed by atoms with E-state index in [-0.39, 0.29) is 5.78 Å². The van der Waals surface area contributed by atoms with Gasteiger partial charge in [0.2, 0.25) is 0 Å². The largest absolute Gasteiger partial charge is 0.365 e. The van der Waals surface area contributed by atoms with Crippen LogP contribution in [-0.2, 0) is 9.53 Å². The molecule has 1 aliphatic heterocycles. The lowest BCUT2D eigenvalue weighted by Crippen LogP contribution is -2.25. The number of hydrogen-bond donors (Lipinski definition) is 1. The molecule has 1 heterocycles. The minimum atomic E-state index is -1.05. The van der Waals surface area contributed by atoms with Gasteiger partial charge in [-0.25, -0.2) is 0 Å². The second-order valence-corrected chi connectivity index (χ2v) is 3.60. The van der Waals surface area contributed by atoms with Crippen LogP contribution in [0.2, 0.25) is 5.02 Å². The molecular formula is C11H9ClO3. The van der Waals surface area contributed by atoms with Gasteiger partial charge < -0.3 is 9.84 Å². The number of aliphatic hydroxyl groups excluding tert-OH is 1. The van der Waals surface area contributed by atoms with Gasteiger partial charge in [0.05, 0.1) is 0 Å². The van der Waals surface area contributed by atoms with Gasteiger partial charge in [-0.2, -0.15) is 0 Å². The zero-order chi connectivity index (χ0) is 10.8. The monoisotopic (exact) mass is 224 g/mol. The predicted molar refractivity (Wildman–Crippen MR) is 55.4 cm³/mol. The molecule has 0 bridgehead atoms. The maximum atomic E-state index is 11.5. The van der Waals surface area contributed by atoms with E-state index in [4.69, 9.17) is 16.3 Å². The number of ketones is 1. The molecule has 1 aromatic carbocycles. The Balaban J connectivity index is 2.35. The van der Waals surface area contributed by atoms with Gasteiger partial charge in [0.25, 0.3) is 0 Å². The van der Waals surface area contributed by atoms with Crippen LogP contribution in [0.25, 0.3) is 0 Å². The summed E-state index contributed by atoms with van der Waals surface area (Å²) < 4.78 is 5.10. The van der Waals surface area contributed by atoms with Gasteiger partial charge in [0.1, 0.15) is 6.10 Å². The van der Waals surface area contributed by atoms with Crippen molar-refractivity contribution in [1.82, 2.24) is 0 Å². The summed E-state index contributed by atoms with van der Waals surface area (Å²) in [6.45, 7) is 0. The normalized spacial score (nSPS) is 25.6. The molecule has 0 aromatic heterocycles. The number of aliphatic hydroxyl groups is 1. The van der Waals surface area contributed by atoms with E-state index in [0.717, 1.165) is 0 Å². The van der Waals surface area contributed by atoms with Gasteiger partial charge in [-0.05, 0) is 18.2 Å². The minimum Gasteiger partial charge on any atom is -0.365 e. The van der Waals surface area contributed by atoms with Crippen molar-refractivity contribution in [3.8, 4) is 0 Å². The van der Waals surface area contributed by atoms with E-state index in [1.165, 1.54) is 12.2 Å². The Morgan fingerprint density at radius 3 is 2.80 bits per heavy atom. The Labute approximate surface area is 91.9 Å². The average molecular weight is 225 g/mol. The lowest BCUT2D eigenvalue weighted by molar-refractivity contribution is -0.149. The molecule has 0 spiro atoms. The number of rotatable bonds is 1. The van der Waals surface area contributed by atoms with Crippen LogP contribution in [0.1, 0.15) is 11.7 Å². The number of benzene rings is 1. The fraction of sp³-hybridized carbons (Fsp3) is 0.182. The quantitative estimate of drug-likeness (QED) is 0.792. The van der Waals surface area contributed by atoms with Gasteiger partial charge in [-0.3, -0.25) is 4.79 Å². The zero-order valence-electron chi connectivity index (χ0n) is 7.76. The molecule has 1 aliphatic rings. The highest BCUT2D eigenvalue weighted by Crippen LogP contribution is 2.29. The first-order chi connectivity index (χ1) is 7.18. The summed E-state index contributed by atoms with van der Waals surface area (Å²) in [6, 6.07) is 6.92. The van der Waals surface area contributed by atoms with Crippen LogP contribution in [0.5, 0.6) is 0 Å². The third-order valence-electron chi connectivity index (χ3n) is 2.15. The Morgan fingerprint density at radius 2 is 2.07 bits per heavy atom. The summed E-state index contributed by atoms with van der Waals surface area (Å²) in [7, 11) is 0. The lowest BCUT2D eigenvalue weighted by atomic mass is 10.0. The number of carbonyl (C=O) groups is 1. The van der Waals surface area contributed by atoms with Gasteiger partial charge >= 0.3 is 0 Å². The second-order valence-electron chi connectivity index (χ2n) is 3.19. The standard InChI is InChI=1S/C11H9ClO3/c12-8-4-2-1-3-7(8)11-9(13)5-6-10(14)15-11/h1-6,10-11,14H. The van der Waals surface area contributed by atoms with Crippen molar-refractivity contribution in [3.63, 3.8) is 0 Å². The van der Waals surface area contributed by atoms with Crippen LogP contribution in [0, 0.1) is 0 Å².